The van der Waals surface area contributed by atoms with Crippen LogP contribution in [0.1, 0.15) is 36.2 Å². The molecule has 0 fully saturated rings. The van der Waals surface area contributed by atoms with Gasteiger partial charge in [0.05, 0.1) is 5.75 Å². The third-order valence-electron chi connectivity index (χ3n) is 3.41. The van der Waals surface area contributed by atoms with Gasteiger partial charge in [0.25, 0.3) is 5.91 Å². The number of rotatable bonds is 7. The number of sulfone groups is 1. The predicted octanol–water partition coefficient (Wildman–Crippen LogP) is 1.46. The van der Waals surface area contributed by atoms with Gasteiger partial charge in [-0.2, -0.15) is 0 Å². The quantitative estimate of drug-likeness (QED) is 0.789. The van der Waals surface area contributed by atoms with Gasteiger partial charge in [-0.05, 0) is 23.6 Å². The van der Waals surface area contributed by atoms with E-state index < -0.39 is 27.8 Å². The molecular formula is C15H21NO5S. The summed E-state index contributed by atoms with van der Waals surface area (Å²) in [5.41, 5.74) is 0.877. The van der Waals surface area contributed by atoms with E-state index in [2.05, 4.69) is 5.32 Å². The minimum absolute atomic E-state index is 0.0977. The Bertz CT molecular complexity index is 636. The number of hydrogen-bond donors (Lipinski definition) is 2. The van der Waals surface area contributed by atoms with Crippen molar-refractivity contribution in [1.82, 2.24) is 5.32 Å². The third kappa shape index (κ3) is 5.48. The Morgan fingerprint density at radius 1 is 1.23 bits per heavy atom. The SMILES string of the molecule is CCC(C)C(NC(=O)c1ccc(CS(C)(=O)=O)cc1)C(=O)O. The molecule has 0 aliphatic rings. The molecule has 2 N–H and O–H groups in total. The molecule has 0 aromatic heterocycles. The van der Waals surface area contributed by atoms with E-state index in [0.29, 0.717) is 17.5 Å². The number of nitrogens with one attached hydrogen (secondary N) is 1. The first-order valence-electron chi connectivity index (χ1n) is 6.94. The van der Waals surface area contributed by atoms with Gasteiger partial charge < -0.3 is 10.4 Å². The average molecular weight is 327 g/mol. The maximum atomic E-state index is 12.1. The standard InChI is InChI=1S/C15H21NO5S/c1-4-10(2)13(15(18)19)16-14(17)12-7-5-11(6-8-12)9-22(3,20)21/h5-8,10,13H,4,9H2,1-3H3,(H,16,17)(H,18,19). The Kier molecular flexibility index (Phi) is 6.11. The Morgan fingerprint density at radius 3 is 2.18 bits per heavy atom. The van der Waals surface area contributed by atoms with E-state index in [-0.39, 0.29) is 11.7 Å². The van der Waals surface area contributed by atoms with Crippen molar-refractivity contribution in [2.75, 3.05) is 6.26 Å². The number of carboxylic acid groups (broad SMARTS) is 1. The number of aliphatic carboxylic acids is 1. The smallest absolute Gasteiger partial charge is 0.326 e. The summed E-state index contributed by atoms with van der Waals surface area (Å²) in [4.78, 5) is 23.3. The van der Waals surface area contributed by atoms with Crippen LogP contribution in [0.5, 0.6) is 0 Å². The molecule has 0 aliphatic heterocycles. The summed E-state index contributed by atoms with van der Waals surface area (Å²) in [6.07, 6.45) is 1.77. The molecule has 0 heterocycles. The zero-order chi connectivity index (χ0) is 16.9. The maximum Gasteiger partial charge on any atom is 0.326 e. The van der Waals surface area contributed by atoms with Crippen LogP contribution >= 0.6 is 0 Å². The summed E-state index contributed by atoms with van der Waals surface area (Å²) in [5, 5.41) is 11.7. The Hall–Kier alpha value is -1.89. The topological polar surface area (TPSA) is 101 Å². The second kappa shape index (κ2) is 7.40. The van der Waals surface area contributed by atoms with Crippen LogP contribution in [0, 0.1) is 5.92 Å². The van der Waals surface area contributed by atoms with Crippen molar-refractivity contribution >= 4 is 21.7 Å². The van der Waals surface area contributed by atoms with E-state index >= 15 is 0 Å². The molecule has 1 aromatic carbocycles. The fourth-order valence-corrected chi connectivity index (χ4v) is 2.76. The molecule has 0 radical (unpaired) electrons. The van der Waals surface area contributed by atoms with Crippen molar-refractivity contribution in [3.8, 4) is 0 Å². The third-order valence-corrected chi connectivity index (χ3v) is 4.27. The fourth-order valence-electron chi connectivity index (χ4n) is 1.96. The lowest BCUT2D eigenvalue weighted by molar-refractivity contribution is -0.140. The highest BCUT2D eigenvalue weighted by Gasteiger charge is 2.25. The van der Waals surface area contributed by atoms with Gasteiger partial charge in [0, 0.05) is 11.8 Å². The van der Waals surface area contributed by atoms with Crippen molar-refractivity contribution in [3.63, 3.8) is 0 Å². The molecule has 2 unspecified atom stereocenters. The molecule has 0 aliphatic carbocycles. The summed E-state index contributed by atoms with van der Waals surface area (Å²) in [6, 6.07) is 5.13. The molecule has 122 valence electrons. The van der Waals surface area contributed by atoms with Crippen molar-refractivity contribution in [1.29, 1.82) is 0 Å². The van der Waals surface area contributed by atoms with E-state index in [1.165, 1.54) is 12.1 Å². The lowest BCUT2D eigenvalue weighted by Gasteiger charge is -2.20. The van der Waals surface area contributed by atoms with Crippen LogP contribution in [0.15, 0.2) is 24.3 Å². The van der Waals surface area contributed by atoms with Crippen LogP contribution in [-0.2, 0) is 20.4 Å². The minimum atomic E-state index is -3.13. The molecule has 0 spiro atoms. The van der Waals surface area contributed by atoms with Crippen LogP contribution in [0.2, 0.25) is 0 Å². The predicted molar refractivity (Wildman–Crippen MR) is 83.3 cm³/mol. The molecule has 1 amide bonds. The van der Waals surface area contributed by atoms with Gasteiger partial charge in [-0.15, -0.1) is 0 Å². The minimum Gasteiger partial charge on any atom is -0.480 e. The molecule has 6 nitrogen and oxygen atoms in total. The zero-order valence-electron chi connectivity index (χ0n) is 12.9. The van der Waals surface area contributed by atoms with Crippen molar-refractivity contribution < 1.29 is 23.1 Å². The maximum absolute atomic E-state index is 12.1. The first kappa shape index (κ1) is 18.2. The van der Waals surface area contributed by atoms with E-state index in [9.17, 15) is 18.0 Å². The largest absolute Gasteiger partial charge is 0.480 e. The van der Waals surface area contributed by atoms with Crippen molar-refractivity contribution in [2.24, 2.45) is 5.92 Å². The fraction of sp³-hybridized carbons (Fsp3) is 0.467. The summed E-state index contributed by atoms with van der Waals surface area (Å²) in [6.45, 7) is 3.61. The molecule has 0 bridgehead atoms. The van der Waals surface area contributed by atoms with Crippen LogP contribution in [0.25, 0.3) is 0 Å². The summed E-state index contributed by atoms with van der Waals surface area (Å²) in [5.74, 6) is -1.85. The van der Waals surface area contributed by atoms with Crippen molar-refractivity contribution in [3.05, 3.63) is 35.4 Å². The van der Waals surface area contributed by atoms with E-state index in [1.807, 2.05) is 6.92 Å². The first-order chi connectivity index (χ1) is 10.1. The van der Waals surface area contributed by atoms with Crippen molar-refractivity contribution in [2.45, 2.75) is 32.1 Å². The number of carbonyl (C=O) groups is 2. The van der Waals surface area contributed by atoms with Gasteiger partial charge in [0.1, 0.15) is 6.04 Å². The lowest BCUT2D eigenvalue weighted by atomic mass is 9.99. The van der Waals surface area contributed by atoms with Gasteiger partial charge in [0.2, 0.25) is 0 Å². The van der Waals surface area contributed by atoms with Gasteiger partial charge in [0.15, 0.2) is 9.84 Å². The summed E-state index contributed by atoms with van der Waals surface area (Å²) >= 11 is 0. The zero-order valence-corrected chi connectivity index (χ0v) is 13.7. The Labute approximate surface area is 130 Å². The Balaban J connectivity index is 2.83. The molecule has 2 atom stereocenters. The monoisotopic (exact) mass is 327 g/mol. The molecular weight excluding hydrogens is 306 g/mol. The highest BCUT2D eigenvalue weighted by Crippen LogP contribution is 2.11. The van der Waals surface area contributed by atoms with Crippen LogP contribution in [0.3, 0.4) is 0 Å². The second-order valence-corrected chi connectivity index (χ2v) is 7.58. The number of benzene rings is 1. The van der Waals surface area contributed by atoms with E-state index in [1.54, 1.807) is 19.1 Å². The average Bonchev–Trinajstić information content (AvgIpc) is 2.42. The van der Waals surface area contributed by atoms with E-state index in [4.69, 9.17) is 5.11 Å². The molecule has 22 heavy (non-hydrogen) atoms. The van der Waals surface area contributed by atoms with Crippen LogP contribution in [-0.4, -0.2) is 37.7 Å². The van der Waals surface area contributed by atoms with Gasteiger partial charge in [-0.3, -0.25) is 4.79 Å². The molecule has 0 saturated heterocycles. The summed E-state index contributed by atoms with van der Waals surface area (Å²) < 4.78 is 22.4. The van der Waals surface area contributed by atoms with Gasteiger partial charge in [-0.1, -0.05) is 32.4 Å². The highest BCUT2D eigenvalue weighted by atomic mass is 32.2. The second-order valence-electron chi connectivity index (χ2n) is 5.44. The molecule has 1 aromatic rings. The number of hydrogen-bond acceptors (Lipinski definition) is 4. The summed E-state index contributed by atoms with van der Waals surface area (Å²) in [7, 11) is -3.13. The number of carboxylic acids is 1. The van der Waals surface area contributed by atoms with E-state index in [0.717, 1.165) is 6.26 Å². The van der Waals surface area contributed by atoms with Crippen LogP contribution in [0.4, 0.5) is 0 Å². The number of carbonyl (C=O) groups excluding carboxylic acids is 1. The lowest BCUT2D eigenvalue weighted by Crippen LogP contribution is -2.45. The van der Waals surface area contributed by atoms with Gasteiger partial charge in [-0.25, -0.2) is 13.2 Å². The number of amides is 1. The van der Waals surface area contributed by atoms with Gasteiger partial charge >= 0.3 is 5.97 Å². The van der Waals surface area contributed by atoms with Crippen LogP contribution < -0.4 is 5.32 Å². The Morgan fingerprint density at radius 2 is 1.77 bits per heavy atom. The molecule has 1 rings (SSSR count). The molecule has 7 heteroatoms. The first-order valence-corrected chi connectivity index (χ1v) is 9.00. The normalized spacial score (nSPS) is 14.1. The highest BCUT2D eigenvalue weighted by molar-refractivity contribution is 7.89. The molecule has 0 saturated carbocycles.